The molecule has 27 heavy (non-hydrogen) atoms. The van der Waals surface area contributed by atoms with Crippen LogP contribution < -0.4 is 4.90 Å². The maximum atomic E-state index is 12.8. The van der Waals surface area contributed by atoms with Crippen molar-refractivity contribution >= 4 is 46.1 Å². The lowest BCUT2D eigenvalue weighted by Crippen LogP contribution is -2.53. The molecule has 2 unspecified atom stereocenters. The monoisotopic (exact) mass is 399 g/mol. The van der Waals surface area contributed by atoms with E-state index in [0.717, 1.165) is 50.1 Å². The third-order valence-electron chi connectivity index (χ3n) is 5.26. The molecule has 4 heterocycles. The van der Waals surface area contributed by atoms with Crippen molar-refractivity contribution < 1.29 is 9.21 Å². The zero-order valence-electron chi connectivity index (χ0n) is 14.9. The molecule has 0 bridgehead atoms. The van der Waals surface area contributed by atoms with E-state index >= 15 is 0 Å². The fourth-order valence-corrected chi connectivity index (χ4v) is 5.91. The normalized spacial score (nSPS) is 22.8. The summed E-state index contributed by atoms with van der Waals surface area (Å²) < 4.78 is 5.86. The van der Waals surface area contributed by atoms with Gasteiger partial charge in [-0.25, -0.2) is 0 Å². The zero-order valence-corrected chi connectivity index (χ0v) is 16.5. The highest BCUT2D eigenvalue weighted by atomic mass is 32.2. The lowest BCUT2D eigenvalue weighted by Gasteiger charge is -2.40. The molecule has 1 amide bonds. The fraction of sp³-hybridized carbons (Fsp3) is 0.400. The molecule has 0 N–H and O–H groups in total. The Morgan fingerprint density at radius 3 is 2.70 bits per heavy atom. The van der Waals surface area contributed by atoms with Crippen molar-refractivity contribution in [2.45, 2.75) is 23.3 Å². The summed E-state index contributed by atoms with van der Waals surface area (Å²) in [5.41, 5.74) is 1.70. The summed E-state index contributed by atoms with van der Waals surface area (Å²) in [4.78, 5) is 22.9. The molecule has 0 radical (unpaired) electrons. The second kappa shape index (κ2) is 7.20. The summed E-state index contributed by atoms with van der Waals surface area (Å²) in [6.45, 7) is 3.03. The van der Waals surface area contributed by atoms with Gasteiger partial charge in [-0.1, -0.05) is 18.2 Å². The Kier molecular flexibility index (Phi) is 4.57. The van der Waals surface area contributed by atoms with Crippen LogP contribution in [0.2, 0.25) is 0 Å². The van der Waals surface area contributed by atoms with Crippen LogP contribution in [0, 0.1) is 0 Å². The first-order valence-corrected chi connectivity index (χ1v) is 11.2. The van der Waals surface area contributed by atoms with E-state index in [-0.39, 0.29) is 5.25 Å². The molecule has 5 nitrogen and oxygen atoms in total. The lowest BCUT2D eigenvalue weighted by atomic mass is 10.1. The van der Waals surface area contributed by atoms with E-state index in [2.05, 4.69) is 27.4 Å². The number of piperazine rings is 1. The molecule has 0 saturated carbocycles. The highest BCUT2D eigenvalue weighted by Gasteiger charge is 2.38. The average Bonchev–Trinajstić information content (AvgIpc) is 3.33. The van der Waals surface area contributed by atoms with E-state index in [0.29, 0.717) is 17.2 Å². The van der Waals surface area contributed by atoms with E-state index < -0.39 is 0 Å². The Labute approximate surface area is 166 Å². The summed E-state index contributed by atoms with van der Waals surface area (Å²) in [5.74, 6) is 0.305. The fourth-order valence-electron chi connectivity index (χ4n) is 3.72. The summed E-state index contributed by atoms with van der Waals surface area (Å²) >= 11 is 3.65. The molecule has 0 spiro atoms. The first-order chi connectivity index (χ1) is 13.3. The minimum absolute atomic E-state index is 0.144. The number of nitrogens with zero attached hydrogens (tertiary/aromatic N) is 3. The maximum Gasteiger partial charge on any atom is 0.298 e. The molecular weight excluding hydrogens is 378 g/mol. The van der Waals surface area contributed by atoms with Crippen LogP contribution in [0.25, 0.3) is 11.1 Å². The SMILES string of the molecule is O=C(C1CC(Cc2cccs2)S1)N1CCN(c2nc3ccccc3o2)CC1. The number of fused-ring (bicyclic) bond motifs is 1. The van der Waals surface area contributed by atoms with Crippen LogP contribution in [0.1, 0.15) is 11.3 Å². The molecule has 2 saturated heterocycles. The van der Waals surface area contributed by atoms with Gasteiger partial charge in [0.05, 0.1) is 5.25 Å². The van der Waals surface area contributed by atoms with Crippen LogP contribution in [0.15, 0.2) is 46.2 Å². The molecule has 2 aliphatic heterocycles. The molecule has 2 atom stereocenters. The third-order valence-corrected chi connectivity index (χ3v) is 7.63. The Hall–Kier alpha value is -1.99. The van der Waals surface area contributed by atoms with E-state index in [1.807, 2.05) is 52.3 Å². The van der Waals surface area contributed by atoms with Crippen molar-refractivity contribution in [3.8, 4) is 0 Å². The minimum atomic E-state index is 0.144. The Balaban J connectivity index is 1.13. The number of para-hydroxylation sites is 2. The molecular formula is C20H21N3O2S2. The maximum absolute atomic E-state index is 12.8. The summed E-state index contributed by atoms with van der Waals surface area (Å²) in [6.07, 6.45) is 2.10. The highest BCUT2D eigenvalue weighted by molar-refractivity contribution is 8.02. The van der Waals surface area contributed by atoms with Gasteiger partial charge in [0.2, 0.25) is 5.91 Å². The van der Waals surface area contributed by atoms with Gasteiger partial charge in [0.1, 0.15) is 5.52 Å². The molecule has 2 aliphatic rings. The second-order valence-electron chi connectivity index (χ2n) is 7.04. The second-order valence-corrected chi connectivity index (χ2v) is 9.58. The van der Waals surface area contributed by atoms with E-state index in [4.69, 9.17) is 4.42 Å². The van der Waals surface area contributed by atoms with Crippen molar-refractivity contribution in [3.05, 3.63) is 46.7 Å². The number of benzene rings is 1. The van der Waals surface area contributed by atoms with E-state index in [1.165, 1.54) is 4.88 Å². The number of hydrogen-bond donors (Lipinski definition) is 0. The molecule has 1 aromatic carbocycles. The topological polar surface area (TPSA) is 49.6 Å². The first-order valence-electron chi connectivity index (χ1n) is 9.33. The van der Waals surface area contributed by atoms with Crippen molar-refractivity contribution in [3.63, 3.8) is 0 Å². The standard InChI is InChI=1S/C20H21N3O2S2/c24-19(18-13-15(27-18)12-14-4-3-11-26-14)22-7-9-23(10-8-22)20-21-16-5-1-2-6-17(16)25-20/h1-6,11,15,18H,7-10,12-13H2. The van der Waals surface area contributed by atoms with Gasteiger partial charge >= 0.3 is 0 Å². The average molecular weight is 400 g/mol. The number of amides is 1. The predicted octanol–water partition coefficient (Wildman–Crippen LogP) is 3.65. The predicted molar refractivity (Wildman–Crippen MR) is 111 cm³/mol. The lowest BCUT2D eigenvalue weighted by molar-refractivity contribution is -0.131. The quantitative estimate of drug-likeness (QED) is 0.670. The Morgan fingerprint density at radius 1 is 1.15 bits per heavy atom. The van der Waals surface area contributed by atoms with Gasteiger partial charge < -0.3 is 14.2 Å². The van der Waals surface area contributed by atoms with Gasteiger partial charge in [0, 0.05) is 36.3 Å². The number of oxazole rings is 1. The van der Waals surface area contributed by atoms with Crippen molar-refractivity contribution in [2.75, 3.05) is 31.1 Å². The van der Waals surface area contributed by atoms with Crippen molar-refractivity contribution in [1.29, 1.82) is 0 Å². The smallest absolute Gasteiger partial charge is 0.298 e. The number of carbonyl (C=O) groups is 1. The summed E-state index contributed by atoms with van der Waals surface area (Å²) in [5, 5.41) is 2.86. The van der Waals surface area contributed by atoms with Crippen LogP contribution >= 0.6 is 23.1 Å². The molecule has 5 rings (SSSR count). The number of hydrogen-bond acceptors (Lipinski definition) is 6. The van der Waals surface area contributed by atoms with Gasteiger partial charge in [-0.2, -0.15) is 4.98 Å². The molecule has 140 valence electrons. The molecule has 2 fully saturated rings. The van der Waals surface area contributed by atoms with Crippen LogP contribution in [-0.4, -0.2) is 52.5 Å². The highest BCUT2D eigenvalue weighted by Crippen LogP contribution is 2.40. The number of thioether (sulfide) groups is 1. The number of carbonyl (C=O) groups excluding carboxylic acids is 1. The molecule has 7 heteroatoms. The van der Waals surface area contributed by atoms with Gasteiger partial charge in [-0.3, -0.25) is 4.79 Å². The minimum Gasteiger partial charge on any atom is -0.423 e. The number of aromatic nitrogens is 1. The van der Waals surface area contributed by atoms with Gasteiger partial charge in [0.25, 0.3) is 6.01 Å². The van der Waals surface area contributed by atoms with Crippen LogP contribution in [0.3, 0.4) is 0 Å². The van der Waals surface area contributed by atoms with E-state index in [1.54, 1.807) is 0 Å². The molecule has 0 aliphatic carbocycles. The molecule has 3 aromatic rings. The van der Waals surface area contributed by atoms with Crippen LogP contribution in [0.5, 0.6) is 0 Å². The van der Waals surface area contributed by atoms with Crippen LogP contribution in [0.4, 0.5) is 6.01 Å². The Bertz CT molecular complexity index is 893. The number of rotatable bonds is 4. The Morgan fingerprint density at radius 2 is 1.96 bits per heavy atom. The third kappa shape index (κ3) is 3.46. The summed E-state index contributed by atoms with van der Waals surface area (Å²) in [6, 6.07) is 12.8. The number of thiophene rings is 1. The van der Waals surface area contributed by atoms with Crippen molar-refractivity contribution in [1.82, 2.24) is 9.88 Å². The largest absolute Gasteiger partial charge is 0.423 e. The van der Waals surface area contributed by atoms with Gasteiger partial charge in [-0.05, 0) is 36.4 Å². The van der Waals surface area contributed by atoms with Crippen LogP contribution in [-0.2, 0) is 11.2 Å². The first kappa shape index (κ1) is 17.1. The van der Waals surface area contributed by atoms with E-state index in [9.17, 15) is 4.79 Å². The number of anilines is 1. The van der Waals surface area contributed by atoms with Gasteiger partial charge in [0.15, 0.2) is 5.58 Å². The summed E-state index contributed by atoms with van der Waals surface area (Å²) in [7, 11) is 0. The zero-order chi connectivity index (χ0) is 18.2. The molecule has 2 aromatic heterocycles. The van der Waals surface area contributed by atoms with Crippen molar-refractivity contribution in [2.24, 2.45) is 0 Å². The van der Waals surface area contributed by atoms with Gasteiger partial charge in [-0.15, -0.1) is 23.1 Å².